The predicted octanol–water partition coefficient (Wildman–Crippen LogP) is 2.75. The van der Waals surface area contributed by atoms with Gasteiger partial charge < -0.3 is 14.8 Å². The Morgan fingerprint density at radius 1 is 1.05 bits per heavy atom. The minimum atomic E-state index is -4.36. The van der Waals surface area contributed by atoms with Crippen LogP contribution in [0.3, 0.4) is 0 Å². The van der Waals surface area contributed by atoms with Gasteiger partial charge >= 0.3 is 6.18 Å². The lowest BCUT2D eigenvalue weighted by Gasteiger charge is -2.35. The van der Waals surface area contributed by atoms with Crippen LogP contribution in [0.2, 0.25) is 0 Å². The summed E-state index contributed by atoms with van der Waals surface area (Å²) in [6.45, 7) is 2.57. The molecule has 2 aromatic heterocycles. The fourth-order valence-corrected chi connectivity index (χ4v) is 3.40. The summed E-state index contributed by atoms with van der Waals surface area (Å²) in [6.07, 6.45) is 0.293. The summed E-state index contributed by atoms with van der Waals surface area (Å²) in [6, 6.07) is 1.02. The van der Waals surface area contributed by atoms with Crippen molar-refractivity contribution >= 4 is 34.4 Å². The molecule has 118 valence electrons. The molecule has 22 heavy (non-hydrogen) atoms. The van der Waals surface area contributed by atoms with Crippen molar-refractivity contribution in [3.05, 3.63) is 33.8 Å². The van der Waals surface area contributed by atoms with Crippen molar-refractivity contribution in [2.45, 2.75) is 6.18 Å². The molecule has 3 heterocycles. The summed E-state index contributed by atoms with van der Waals surface area (Å²) >= 11 is 1.73. The third-order valence-corrected chi connectivity index (χ3v) is 4.60. The summed E-state index contributed by atoms with van der Waals surface area (Å²) in [7, 11) is 0. The molecule has 9 heteroatoms. The van der Waals surface area contributed by atoms with Crippen LogP contribution in [-0.2, 0) is 6.18 Å². The first kappa shape index (κ1) is 15.4. The third kappa shape index (κ3) is 2.99. The number of hydrogen-bond acceptors (Lipinski definition) is 4. The highest BCUT2D eigenvalue weighted by atomic mass is 127. The van der Waals surface area contributed by atoms with Gasteiger partial charge in [0.1, 0.15) is 5.82 Å². The molecule has 0 bridgehead atoms. The first-order valence-corrected chi connectivity index (χ1v) is 7.75. The van der Waals surface area contributed by atoms with Gasteiger partial charge in [-0.1, -0.05) is 0 Å². The Morgan fingerprint density at radius 2 is 1.73 bits per heavy atom. The number of pyridine rings is 1. The van der Waals surface area contributed by atoms with Gasteiger partial charge in [-0.25, -0.2) is 9.97 Å². The lowest BCUT2D eigenvalue weighted by Crippen LogP contribution is -2.47. The number of nitrogens with one attached hydrogen (secondary N) is 1. The molecular weight excluding hydrogens is 410 g/mol. The van der Waals surface area contributed by atoms with Crippen molar-refractivity contribution < 1.29 is 13.2 Å². The first-order valence-electron chi connectivity index (χ1n) is 6.68. The first-order chi connectivity index (χ1) is 10.5. The second-order valence-corrected chi connectivity index (χ2v) is 5.96. The minimum absolute atomic E-state index is 0.152. The predicted molar refractivity (Wildman–Crippen MR) is 85.0 cm³/mol. The van der Waals surface area contributed by atoms with Crippen molar-refractivity contribution in [3.63, 3.8) is 0 Å². The zero-order chi connectivity index (χ0) is 15.7. The van der Waals surface area contributed by atoms with Crippen molar-refractivity contribution in [3.8, 4) is 0 Å². The van der Waals surface area contributed by atoms with Crippen LogP contribution in [0.5, 0.6) is 0 Å². The molecule has 1 aliphatic heterocycles. The monoisotopic (exact) mass is 423 g/mol. The van der Waals surface area contributed by atoms with Crippen LogP contribution in [0.4, 0.5) is 24.9 Å². The molecule has 0 radical (unpaired) electrons. The highest BCUT2D eigenvalue weighted by Gasteiger charge is 2.35. The maximum absolute atomic E-state index is 13.0. The van der Waals surface area contributed by atoms with Crippen molar-refractivity contribution in [2.75, 3.05) is 36.0 Å². The normalized spacial score (nSPS) is 16.2. The Hall–Kier alpha value is -1.52. The minimum Gasteiger partial charge on any atom is -0.352 e. The zero-order valence-electron chi connectivity index (χ0n) is 11.4. The maximum Gasteiger partial charge on any atom is 0.417 e. The second-order valence-electron chi connectivity index (χ2n) is 4.88. The Kier molecular flexibility index (Phi) is 4.15. The Labute approximate surface area is 138 Å². The summed E-state index contributed by atoms with van der Waals surface area (Å²) < 4.78 is 39.1. The molecule has 1 N–H and O–H groups in total. The van der Waals surface area contributed by atoms with E-state index < -0.39 is 11.7 Å². The number of H-pyrrole nitrogens is 1. The van der Waals surface area contributed by atoms with E-state index in [9.17, 15) is 13.2 Å². The average Bonchev–Trinajstić information content (AvgIpc) is 3.01. The molecular formula is C13H13F3IN5. The fraction of sp³-hybridized carbons (Fsp3) is 0.385. The van der Waals surface area contributed by atoms with Gasteiger partial charge in [0.05, 0.1) is 9.13 Å². The van der Waals surface area contributed by atoms with Gasteiger partial charge in [0.15, 0.2) is 0 Å². The van der Waals surface area contributed by atoms with E-state index in [1.165, 1.54) is 6.20 Å². The van der Waals surface area contributed by atoms with Crippen molar-refractivity contribution in [2.24, 2.45) is 0 Å². The standard InChI is InChI=1S/C13H13F3IN5/c14-13(15,16)9-1-2-18-11(10(9)17)21-5-7-22(8-6-21)12-19-3-4-20-12/h1-4H,5-8H2,(H,19,20). The number of alkyl halides is 3. The third-order valence-electron chi connectivity index (χ3n) is 3.54. The van der Waals surface area contributed by atoms with Crippen LogP contribution in [0.25, 0.3) is 0 Å². The molecule has 0 unspecified atom stereocenters. The molecule has 3 rings (SSSR count). The van der Waals surface area contributed by atoms with Crippen molar-refractivity contribution in [1.29, 1.82) is 0 Å². The van der Waals surface area contributed by atoms with E-state index in [1.807, 2.05) is 4.90 Å². The molecule has 1 fully saturated rings. The number of hydrogen-bond donors (Lipinski definition) is 1. The summed E-state index contributed by atoms with van der Waals surface area (Å²) in [5.74, 6) is 1.18. The Morgan fingerprint density at radius 3 is 2.32 bits per heavy atom. The Bertz CT molecular complexity index is 636. The summed E-state index contributed by atoms with van der Waals surface area (Å²) in [4.78, 5) is 15.3. The number of imidazole rings is 1. The number of halogens is 4. The smallest absolute Gasteiger partial charge is 0.352 e. The largest absolute Gasteiger partial charge is 0.417 e. The Balaban J connectivity index is 1.77. The van der Waals surface area contributed by atoms with Crippen LogP contribution in [0.1, 0.15) is 5.56 Å². The van der Waals surface area contributed by atoms with Gasteiger partial charge in [-0.3, -0.25) is 0 Å². The summed E-state index contributed by atoms with van der Waals surface area (Å²) in [5.41, 5.74) is -0.633. The molecule has 1 saturated heterocycles. The second kappa shape index (κ2) is 5.94. The average molecular weight is 423 g/mol. The summed E-state index contributed by atoms with van der Waals surface area (Å²) in [5, 5.41) is 0. The highest BCUT2D eigenvalue weighted by Crippen LogP contribution is 2.36. The van der Waals surface area contributed by atoms with E-state index in [0.717, 1.165) is 12.0 Å². The number of nitrogens with zero attached hydrogens (tertiary/aromatic N) is 4. The number of aromatic amines is 1. The van der Waals surface area contributed by atoms with E-state index in [4.69, 9.17) is 0 Å². The van der Waals surface area contributed by atoms with Gasteiger partial charge in [-0.2, -0.15) is 13.2 Å². The lowest BCUT2D eigenvalue weighted by atomic mass is 10.2. The molecule has 0 atom stereocenters. The zero-order valence-corrected chi connectivity index (χ0v) is 13.6. The number of anilines is 2. The molecule has 0 amide bonds. The van der Waals surface area contributed by atoms with Gasteiger partial charge in [0.25, 0.3) is 0 Å². The topological polar surface area (TPSA) is 48.1 Å². The van der Waals surface area contributed by atoms with E-state index >= 15 is 0 Å². The molecule has 2 aromatic rings. The van der Waals surface area contributed by atoms with Gasteiger partial charge in [-0.15, -0.1) is 0 Å². The SMILES string of the molecule is FC(F)(F)c1ccnc(N2CCN(c3ncc[nH]3)CC2)c1I. The fourth-order valence-electron chi connectivity index (χ4n) is 2.43. The molecule has 0 saturated carbocycles. The van der Waals surface area contributed by atoms with Crippen LogP contribution in [0.15, 0.2) is 24.7 Å². The van der Waals surface area contributed by atoms with Crippen molar-refractivity contribution in [1.82, 2.24) is 15.0 Å². The molecule has 0 aromatic carbocycles. The highest BCUT2D eigenvalue weighted by molar-refractivity contribution is 14.1. The quantitative estimate of drug-likeness (QED) is 0.756. The van der Waals surface area contributed by atoms with Crippen LogP contribution >= 0.6 is 22.6 Å². The number of piperazine rings is 1. The van der Waals surface area contributed by atoms with Crippen LogP contribution in [0, 0.1) is 3.57 Å². The van der Waals surface area contributed by atoms with Crippen LogP contribution in [-0.4, -0.2) is 41.1 Å². The molecule has 0 aliphatic carbocycles. The lowest BCUT2D eigenvalue weighted by molar-refractivity contribution is -0.138. The van der Waals surface area contributed by atoms with Gasteiger partial charge in [-0.05, 0) is 28.7 Å². The van der Waals surface area contributed by atoms with Gasteiger partial charge in [0, 0.05) is 44.8 Å². The van der Waals surface area contributed by atoms with E-state index in [0.29, 0.717) is 32.0 Å². The molecule has 5 nitrogen and oxygen atoms in total. The van der Waals surface area contributed by atoms with Crippen LogP contribution < -0.4 is 9.80 Å². The maximum atomic E-state index is 13.0. The van der Waals surface area contributed by atoms with E-state index in [-0.39, 0.29) is 3.57 Å². The van der Waals surface area contributed by atoms with E-state index in [2.05, 4.69) is 19.9 Å². The molecule has 1 aliphatic rings. The van der Waals surface area contributed by atoms with Gasteiger partial charge in [0.2, 0.25) is 5.95 Å². The van der Waals surface area contributed by atoms with E-state index in [1.54, 1.807) is 35.0 Å². The number of aromatic nitrogens is 3. The molecule has 0 spiro atoms. The number of rotatable bonds is 2.